The van der Waals surface area contributed by atoms with E-state index in [-0.39, 0.29) is 6.04 Å². The molecular formula is C16H16BrN3O2. The molecule has 1 atom stereocenters. The van der Waals surface area contributed by atoms with Crippen LogP contribution in [-0.2, 0) is 0 Å². The van der Waals surface area contributed by atoms with E-state index in [0.717, 1.165) is 41.3 Å². The van der Waals surface area contributed by atoms with Gasteiger partial charge in [-0.15, -0.1) is 0 Å². The highest BCUT2D eigenvalue weighted by atomic mass is 79.9. The fourth-order valence-electron chi connectivity index (χ4n) is 3.14. The Hall–Kier alpha value is -1.82. The number of benzene rings is 1. The highest BCUT2D eigenvalue weighted by Crippen LogP contribution is 2.43. The summed E-state index contributed by atoms with van der Waals surface area (Å²) in [6, 6.07) is 6.35. The Morgan fingerprint density at radius 3 is 2.82 bits per heavy atom. The summed E-state index contributed by atoms with van der Waals surface area (Å²) in [5, 5.41) is 0. The highest BCUT2D eigenvalue weighted by molar-refractivity contribution is 9.10. The summed E-state index contributed by atoms with van der Waals surface area (Å²) >= 11 is 3.38. The molecule has 1 aromatic heterocycles. The summed E-state index contributed by atoms with van der Waals surface area (Å²) in [6.07, 6.45) is 5.77. The van der Waals surface area contributed by atoms with Crippen LogP contribution in [0.5, 0.6) is 11.5 Å². The van der Waals surface area contributed by atoms with Gasteiger partial charge < -0.3 is 14.4 Å². The van der Waals surface area contributed by atoms with Gasteiger partial charge in [0, 0.05) is 24.5 Å². The monoisotopic (exact) mass is 361 g/mol. The Kier molecular flexibility index (Phi) is 3.62. The Labute approximate surface area is 137 Å². The van der Waals surface area contributed by atoms with Gasteiger partial charge in [-0.25, -0.2) is 9.97 Å². The largest absolute Gasteiger partial charge is 0.486 e. The first-order valence-electron chi connectivity index (χ1n) is 7.45. The number of aromatic nitrogens is 2. The van der Waals surface area contributed by atoms with Crippen LogP contribution in [0.25, 0.3) is 0 Å². The number of ether oxygens (including phenoxy) is 2. The van der Waals surface area contributed by atoms with Gasteiger partial charge in [-0.2, -0.15) is 0 Å². The predicted octanol–water partition coefficient (Wildman–Crippen LogP) is 3.35. The van der Waals surface area contributed by atoms with Gasteiger partial charge in [0.1, 0.15) is 13.2 Å². The summed E-state index contributed by atoms with van der Waals surface area (Å²) in [7, 11) is 0. The Balaban J connectivity index is 1.71. The number of anilines is 1. The highest BCUT2D eigenvalue weighted by Gasteiger charge is 2.32. The van der Waals surface area contributed by atoms with Gasteiger partial charge in [-0.1, -0.05) is 12.1 Å². The standard InChI is InChI=1S/C16H16BrN3O2/c17-11-9-18-16(19-10-11)20-6-2-4-13(20)12-3-1-5-14-15(12)22-8-7-21-14/h1,3,5,9-10,13H,2,4,6-8H2. The molecule has 4 rings (SSSR count). The zero-order chi connectivity index (χ0) is 14.9. The van der Waals surface area contributed by atoms with Crippen LogP contribution in [0.3, 0.4) is 0 Å². The summed E-state index contributed by atoms with van der Waals surface area (Å²) < 4.78 is 12.5. The maximum atomic E-state index is 5.87. The average Bonchev–Trinajstić information content (AvgIpc) is 3.04. The van der Waals surface area contributed by atoms with Gasteiger partial charge in [0.05, 0.1) is 10.5 Å². The molecule has 1 aromatic carbocycles. The van der Waals surface area contributed by atoms with Gasteiger partial charge in [0.15, 0.2) is 11.5 Å². The van der Waals surface area contributed by atoms with Crippen LogP contribution >= 0.6 is 15.9 Å². The second-order valence-electron chi connectivity index (χ2n) is 5.42. The molecule has 1 unspecified atom stereocenters. The molecule has 0 N–H and O–H groups in total. The Bertz CT molecular complexity index is 678. The summed E-state index contributed by atoms with van der Waals surface area (Å²) in [5.74, 6) is 2.48. The smallest absolute Gasteiger partial charge is 0.225 e. The van der Waals surface area contributed by atoms with Gasteiger partial charge in [0.25, 0.3) is 0 Å². The second-order valence-corrected chi connectivity index (χ2v) is 6.34. The maximum absolute atomic E-state index is 5.87. The molecule has 1 saturated heterocycles. The number of rotatable bonds is 2. The van der Waals surface area contributed by atoms with E-state index in [1.54, 1.807) is 12.4 Å². The minimum Gasteiger partial charge on any atom is -0.486 e. The lowest BCUT2D eigenvalue weighted by molar-refractivity contribution is 0.169. The van der Waals surface area contributed by atoms with E-state index in [1.165, 1.54) is 5.56 Å². The lowest BCUT2D eigenvalue weighted by Gasteiger charge is -2.28. The fraction of sp³-hybridized carbons (Fsp3) is 0.375. The molecule has 22 heavy (non-hydrogen) atoms. The van der Waals surface area contributed by atoms with Crippen molar-refractivity contribution in [2.75, 3.05) is 24.7 Å². The minimum atomic E-state index is 0.234. The number of hydrogen-bond donors (Lipinski definition) is 0. The van der Waals surface area contributed by atoms with Gasteiger partial charge in [-0.05, 0) is 34.8 Å². The van der Waals surface area contributed by atoms with Crippen molar-refractivity contribution in [3.05, 3.63) is 40.6 Å². The molecule has 0 aliphatic carbocycles. The molecule has 1 fully saturated rings. The van der Waals surface area contributed by atoms with Crippen LogP contribution in [-0.4, -0.2) is 29.7 Å². The number of hydrogen-bond acceptors (Lipinski definition) is 5. The van der Waals surface area contributed by atoms with Crippen molar-refractivity contribution in [1.82, 2.24) is 9.97 Å². The zero-order valence-electron chi connectivity index (χ0n) is 12.0. The molecular weight excluding hydrogens is 346 g/mol. The van der Waals surface area contributed by atoms with Gasteiger partial charge in [-0.3, -0.25) is 0 Å². The predicted molar refractivity (Wildman–Crippen MR) is 86.5 cm³/mol. The molecule has 114 valence electrons. The van der Waals surface area contributed by atoms with E-state index in [1.807, 2.05) is 12.1 Å². The number of para-hydroxylation sites is 1. The van der Waals surface area contributed by atoms with Crippen LogP contribution < -0.4 is 14.4 Å². The summed E-state index contributed by atoms with van der Waals surface area (Å²) in [6.45, 7) is 2.17. The molecule has 2 aromatic rings. The van der Waals surface area contributed by atoms with Crippen molar-refractivity contribution in [3.8, 4) is 11.5 Å². The van der Waals surface area contributed by atoms with Crippen LogP contribution in [0.15, 0.2) is 35.1 Å². The van der Waals surface area contributed by atoms with E-state index in [2.05, 4.69) is 36.9 Å². The third-order valence-corrected chi connectivity index (χ3v) is 4.48. The van der Waals surface area contributed by atoms with E-state index in [0.29, 0.717) is 13.2 Å². The molecule has 2 aliphatic rings. The van der Waals surface area contributed by atoms with E-state index >= 15 is 0 Å². The molecule has 6 heteroatoms. The summed E-state index contributed by atoms with van der Waals surface area (Å²) in [4.78, 5) is 11.1. The lowest BCUT2D eigenvalue weighted by Crippen LogP contribution is -2.26. The average molecular weight is 362 g/mol. The number of nitrogens with zero attached hydrogens (tertiary/aromatic N) is 3. The molecule has 0 saturated carbocycles. The molecule has 5 nitrogen and oxygen atoms in total. The first-order chi connectivity index (χ1) is 10.8. The Morgan fingerprint density at radius 1 is 1.14 bits per heavy atom. The van der Waals surface area contributed by atoms with Crippen LogP contribution in [0.1, 0.15) is 24.4 Å². The first-order valence-corrected chi connectivity index (χ1v) is 8.25. The third-order valence-electron chi connectivity index (χ3n) is 4.07. The first kappa shape index (κ1) is 13.8. The molecule has 2 aliphatic heterocycles. The van der Waals surface area contributed by atoms with Gasteiger partial charge >= 0.3 is 0 Å². The molecule has 0 spiro atoms. The van der Waals surface area contributed by atoms with Crippen LogP contribution in [0.2, 0.25) is 0 Å². The Morgan fingerprint density at radius 2 is 1.95 bits per heavy atom. The van der Waals surface area contributed by atoms with Crippen LogP contribution in [0.4, 0.5) is 5.95 Å². The van der Waals surface area contributed by atoms with Crippen molar-refractivity contribution in [3.63, 3.8) is 0 Å². The van der Waals surface area contributed by atoms with Crippen molar-refractivity contribution in [1.29, 1.82) is 0 Å². The SMILES string of the molecule is Brc1cnc(N2CCCC2c2cccc3c2OCCO3)nc1. The van der Waals surface area contributed by atoms with Gasteiger partial charge in [0.2, 0.25) is 5.95 Å². The maximum Gasteiger partial charge on any atom is 0.225 e. The topological polar surface area (TPSA) is 47.5 Å². The van der Waals surface area contributed by atoms with Crippen molar-refractivity contribution in [2.24, 2.45) is 0 Å². The zero-order valence-corrected chi connectivity index (χ0v) is 13.6. The molecule has 0 bridgehead atoms. The molecule has 3 heterocycles. The fourth-order valence-corrected chi connectivity index (χ4v) is 3.35. The number of halogens is 1. The van der Waals surface area contributed by atoms with E-state index in [4.69, 9.17) is 9.47 Å². The summed E-state index contributed by atoms with van der Waals surface area (Å²) in [5.41, 5.74) is 1.17. The van der Waals surface area contributed by atoms with Crippen molar-refractivity contribution < 1.29 is 9.47 Å². The second kappa shape index (κ2) is 5.76. The molecule has 0 radical (unpaired) electrons. The third kappa shape index (κ3) is 2.41. The van der Waals surface area contributed by atoms with E-state index < -0.39 is 0 Å². The van der Waals surface area contributed by atoms with E-state index in [9.17, 15) is 0 Å². The van der Waals surface area contributed by atoms with Crippen molar-refractivity contribution >= 4 is 21.9 Å². The minimum absolute atomic E-state index is 0.234. The normalized spacial score (nSPS) is 20.2. The van der Waals surface area contributed by atoms with Crippen molar-refractivity contribution in [2.45, 2.75) is 18.9 Å². The number of fused-ring (bicyclic) bond motifs is 1. The molecule has 0 amide bonds. The lowest BCUT2D eigenvalue weighted by atomic mass is 10.0. The van der Waals surface area contributed by atoms with Crippen LogP contribution in [0, 0.1) is 0 Å². The quantitative estimate of drug-likeness (QED) is 0.820.